The van der Waals surface area contributed by atoms with Crippen LogP contribution in [0.15, 0.2) is 18.3 Å². The van der Waals surface area contributed by atoms with Gasteiger partial charge in [-0.15, -0.1) is 24.8 Å². The van der Waals surface area contributed by atoms with Crippen LogP contribution in [-0.2, 0) is 11.3 Å². The van der Waals surface area contributed by atoms with Gasteiger partial charge in [-0.2, -0.15) is 0 Å². The summed E-state index contributed by atoms with van der Waals surface area (Å²) < 4.78 is 0. The molecule has 24 heavy (non-hydrogen) atoms. The number of hydrogen-bond donors (Lipinski definition) is 2. The van der Waals surface area contributed by atoms with Gasteiger partial charge in [0.25, 0.3) is 0 Å². The van der Waals surface area contributed by atoms with Crippen molar-refractivity contribution in [3.05, 3.63) is 23.9 Å². The topological polar surface area (TPSA) is 71.2 Å². The predicted octanol–water partition coefficient (Wildman–Crippen LogP) is 2.91. The molecule has 1 aromatic heterocycles. The lowest BCUT2D eigenvalue weighted by atomic mass is 10.0. The van der Waals surface area contributed by atoms with Gasteiger partial charge in [0.1, 0.15) is 5.82 Å². The Labute approximate surface area is 157 Å². The molecule has 1 aromatic rings. The number of nitrogens with one attached hydrogen (secondary N) is 1. The van der Waals surface area contributed by atoms with E-state index in [4.69, 9.17) is 5.73 Å². The molecule has 138 valence electrons. The SMILES string of the molecule is CC(C)C[C@H](N)C(=O)NCc1ccnc(N2CCCCC2)c1.Cl.Cl. The number of aromatic nitrogens is 1. The molecule has 2 rings (SSSR count). The number of nitrogens with zero attached hydrogens (tertiary/aromatic N) is 2. The van der Waals surface area contributed by atoms with Crippen LogP contribution in [0.1, 0.15) is 45.1 Å². The first-order valence-electron chi connectivity index (χ1n) is 8.29. The Morgan fingerprint density at radius 1 is 1.29 bits per heavy atom. The number of carbonyl (C=O) groups excluding carboxylic acids is 1. The van der Waals surface area contributed by atoms with Gasteiger partial charge in [0.05, 0.1) is 6.04 Å². The Hall–Kier alpha value is -1.04. The van der Waals surface area contributed by atoms with Crippen molar-refractivity contribution < 1.29 is 4.79 Å². The highest BCUT2D eigenvalue weighted by Gasteiger charge is 2.15. The van der Waals surface area contributed by atoms with Crippen molar-refractivity contribution in [3.63, 3.8) is 0 Å². The molecule has 0 bridgehead atoms. The summed E-state index contributed by atoms with van der Waals surface area (Å²) >= 11 is 0. The lowest BCUT2D eigenvalue weighted by Gasteiger charge is -2.28. The van der Waals surface area contributed by atoms with Crippen molar-refractivity contribution in [2.24, 2.45) is 11.7 Å². The monoisotopic (exact) mass is 376 g/mol. The van der Waals surface area contributed by atoms with Gasteiger partial charge < -0.3 is 16.0 Å². The first kappa shape index (κ1) is 23.0. The molecule has 0 aliphatic carbocycles. The van der Waals surface area contributed by atoms with Gasteiger partial charge in [0.15, 0.2) is 0 Å². The van der Waals surface area contributed by atoms with Crippen molar-refractivity contribution in [3.8, 4) is 0 Å². The third kappa shape index (κ3) is 7.24. The van der Waals surface area contributed by atoms with Crippen LogP contribution in [0.3, 0.4) is 0 Å². The lowest BCUT2D eigenvalue weighted by Crippen LogP contribution is -2.41. The van der Waals surface area contributed by atoms with Gasteiger partial charge >= 0.3 is 0 Å². The standard InChI is InChI=1S/C17H28N4O.2ClH/c1-13(2)10-15(18)17(22)20-12-14-6-7-19-16(11-14)21-8-4-3-5-9-21;;/h6-7,11,13,15H,3-5,8-10,12,18H2,1-2H3,(H,20,22);2*1H/t15-;;/m0../s1. The molecule has 2 heterocycles. The van der Waals surface area contributed by atoms with Gasteiger partial charge in [-0.1, -0.05) is 13.8 Å². The Balaban J connectivity index is 0.00000264. The minimum Gasteiger partial charge on any atom is -0.357 e. The summed E-state index contributed by atoms with van der Waals surface area (Å²) in [5, 5.41) is 2.92. The molecule has 1 aliphatic rings. The van der Waals surface area contributed by atoms with Gasteiger partial charge in [-0.3, -0.25) is 4.79 Å². The first-order valence-corrected chi connectivity index (χ1v) is 8.29. The third-order valence-corrected chi connectivity index (χ3v) is 4.02. The number of nitrogens with two attached hydrogens (primary N) is 1. The van der Waals surface area contributed by atoms with E-state index in [0.717, 1.165) is 24.5 Å². The highest BCUT2D eigenvalue weighted by Crippen LogP contribution is 2.18. The average Bonchev–Trinajstić information content (AvgIpc) is 2.53. The van der Waals surface area contributed by atoms with Crippen LogP contribution in [0.4, 0.5) is 5.82 Å². The van der Waals surface area contributed by atoms with E-state index in [1.807, 2.05) is 12.3 Å². The molecule has 1 aliphatic heterocycles. The maximum atomic E-state index is 12.0. The van der Waals surface area contributed by atoms with Crippen molar-refractivity contribution in [1.82, 2.24) is 10.3 Å². The average molecular weight is 377 g/mol. The molecule has 5 nitrogen and oxygen atoms in total. The molecule has 0 saturated carbocycles. The number of halogens is 2. The summed E-state index contributed by atoms with van der Waals surface area (Å²) in [6.07, 6.45) is 6.29. The van der Waals surface area contributed by atoms with Crippen molar-refractivity contribution in [1.29, 1.82) is 0 Å². The lowest BCUT2D eigenvalue weighted by molar-refractivity contribution is -0.122. The summed E-state index contributed by atoms with van der Waals surface area (Å²) in [6.45, 7) is 6.79. The summed E-state index contributed by atoms with van der Waals surface area (Å²) in [7, 11) is 0. The highest BCUT2D eigenvalue weighted by molar-refractivity contribution is 5.85. The molecule has 1 atom stereocenters. The van der Waals surface area contributed by atoms with E-state index in [-0.39, 0.29) is 30.7 Å². The fourth-order valence-electron chi connectivity index (χ4n) is 2.80. The van der Waals surface area contributed by atoms with Crippen molar-refractivity contribution >= 4 is 36.5 Å². The molecule has 0 radical (unpaired) electrons. The first-order chi connectivity index (χ1) is 10.6. The number of piperidine rings is 1. The minimum absolute atomic E-state index is 0. The van der Waals surface area contributed by atoms with E-state index < -0.39 is 6.04 Å². The van der Waals surface area contributed by atoms with Gasteiger partial charge in [0, 0.05) is 25.8 Å². The second-order valence-electron chi connectivity index (χ2n) is 6.52. The Bertz CT molecular complexity index is 493. The van der Waals surface area contributed by atoms with Crippen molar-refractivity contribution in [2.45, 2.75) is 52.1 Å². The quantitative estimate of drug-likeness (QED) is 0.800. The van der Waals surface area contributed by atoms with Crippen LogP contribution < -0.4 is 16.0 Å². The molecular formula is C17H30Cl2N4O. The molecule has 1 amide bonds. The smallest absolute Gasteiger partial charge is 0.237 e. The summed E-state index contributed by atoms with van der Waals surface area (Å²) in [4.78, 5) is 18.7. The van der Waals surface area contributed by atoms with E-state index in [1.165, 1.54) is 19.3 Å². The van der Waals surface area contributed by atoms with Crippen LogP contribution >= 0.6 is 24.8 Å². The Morgan fingerprint density at radius 2 is 1.96 bits per heavy atom. The third-order valence-electron chi connectivity index (χ3n) is 4.02. The fourth-order valence-corrected chi connectivity index (χ4v) is 2.80. The van der Waals surface area contributed by atoms with Crippen LogP contribution in [0, 0.1) is 5.92 Å². The van der Waals surface area contributed by atoms with Gasteiger partial charge in [-0.25, -0.2) is 4.98 Å². The molecule has 0 spiro atoms. The number of carbonyl (C=O) groups is 1. The van der Waals surface area contributed by atoms with Crippen LogP contribution in [0.2, 0.25) is 0 Å². The molecule has 1 fully saturated rings. The van der Waals surface area contributed by atoms with E-state index in [1.54, 1.807) is 0 Å². The normalized spacial score (nSPS) is 15.2. The van der Waals surface area contributed by atoms with Crippen molar-refractivity contribution in [2.75, 3.05) is 18.0 Å². The van der Waals surface area contributed by atoms with Crippen LogP contribution in [0.25, 0.3) is 0 Å². The molecule has 0 unspecified atom stereocenters. The predicted molar refractivity (Wildman–Crippen MR) is 104 cm³/mol. The number of hydrogen-bond acceptors (Lipinski definition) is 4. The molecule has 1 saturated heterocycles. The van der Waals surface area contributed by atoms with Gasteiger partial charge in [-0.05, 0) is 49.3 Å². The maximum Gasteiger partial charge on any atom is 0.237 e. The zero-order valence-corrected chi connectivity index (χ0v) is 16.2. The highest BCUT2D eigenvalue weighted by atomic mass is 35.5. The summed E-state index contributed by atoms with van der Waals surface area (Å²) in [5.74, 6) is 1.36. The summed E-state index contributed by atoms with van der Waals surface area (Å²) in [5.41, 5.74) is 6.97. The molecule has 0 aromatic carbocycles. The van der Waals surface area contributed by atoms with E-state index >= 15 is 0 Å². The zero-order chi connectivity index (χ0) is 15.9. The maximum absolute atomic E-state index is 12.0. The summed E-state index contributed by atoms with van der Waals surface area (Å²) in [6, 6.07) is 3.59. The Kier molecular flexibility index (Phi) is 11.0. The van der Waals surface area contributed by atoms with E-state index in [9.17, 15) is 4.79 Å². The van der Waals surface area contributed by atoms with Crippen LogP contribution in [-0.4, -0.2) is 30.0 Å². The number of amides is 1. The Morgan fingerprint density at radius 3 is 2.58 bits per heavy atom. The minimum atomic E-state index is -0.427. The number of pyridine rings is 1. The second-order valence-corrected chi connectivity index (χ2v) is 6.52. The van der Waals surface area contributed by atoms with E-state index in [2.05, 4.69) is 35.1 Å². The van der Waals surface area contributed by atoms with Crippen LogP contribution in [0.5, 0.6) is 0 Å². The number of rotatable bonds is 6. The largest absolute Gasteiger partial charge is 0.357 e. The van der Waals surface area contributed by atoms with Gasteiger partial charge in [0.2, 0.25) is 5.91 Å². The molecule has 7 heteroatoms. The second kappa shape index (κ2) is 11.5. The number of anilines is 1. The zero-order valence-electron chi connectivity index (χ0n) is 14.5. The van der Waals surface area contributed by atoms with E-state index in [0.29, 0.717) is 18.9 Å². The molecule has 3 N–H and O–H groups in total. The fraction of sp³-hybridized carbons (Fsp3) is 0.647. The molecular weight excluding hydrogens is 347 g/mol.